The number of nitrogens with zero attached hydrogens (tertiary/aromatic N) is 1. The number of carbonyl (C=O) groups is 1. The molecule has 0 atom stereocenters. The van der Waals surface area contributed by atoms with E-state index in [1.165, 1.54) is 0 Å². The van der Waals surface area contributed by atoms with Crippen LogP contribution in [0.3, 0.4) is 0 Å². The Bertz CT molecular complexity index is 1030. The molecule has 0 fully saturated rings. The number of aromatic nitrogens is 1. The second-order valence-electron chi connectivity index (χ2n) is 6.69. The predicted octanol–water partition coefficient (Wildman–Crippen LogP) is 5.25. The largest absolute Gasteiger partial charge is 0.490 e. The number of nitrogens with one attached hydrogen (secondary N) is 2. The number of pyridine rings is 1. The van der Waals surface area contributed by atoms with E-state index in [1.807, 2.05) is 44.2 Å². The molecule has 1 heterocycles. The van der Waals surface area contributed by atoms with Gasteiger partial charge in [0.15, 0.2) is 11.5 Å². The fourth-order valence-corrected chi connectivity index (χ4v) is 3.25. The number of hydrogen-bond donors (Lipinski definition) is 2. The van der Waals surface area contributed by atoms with Gasteiger partial charge in [-0.05, 0) is 68.3 Å². The van der Waals surface area contributed by atoms with E-state index in [0.717, 1.165) is 17.0 Å². The molecule has 3 aromatic rings. The molecule has 0 saturated carbocycles. The van der Waals surface area contributed by atoms with Crippen molar-refractivity contribution < 1.29 is 14.3 Å². The Kier molecular flexibility index (Phi) is 8.12. The maximum absolute atomic E-state index is 12.8. The molecule has 1 amide bonds. The quantitative estimate of drug-likeness (QED) is 0.451. The molecule has 0 radical (unpaired) electrons. The normalized spacial score (nSPS) is 10.4. The van der Waals surface area contributed by atoms with Gasteiger partial charge in [0.25, 0.3) is 5.91 Å². The van der Waals surface area contributed by atoms with E-state index >= 15 is 0 Å². The molecular weight excluding hydrogens is 414 g/mol. The van der Waals surface area contributed by atoms with Crippen molar-refractivity contribution in [3.63, 3.8) is 0 Å². The molecule has 2 aromatic carbocycles. The summed E-state index contributed by atoms with van der Waals surface area (Å²) < 4.78 is 11.3. The van der Waals surface area contributed by atoms with Crippen molar-refractivity contribution in [1.29, 1.82) is 0 Å². The Morgan fingerprint density at radius 3 is 2.58 bits per heavy atom. The monoisotopic (exact) mass is 439 g/mol. The summed E-state index contributed by atoms with van der Waals surface area (Å²) in [7, 11) is 0. The molecule has 2 N–H and O–H groups in total. The molecule has 31 heavy (non-hydrogen) atoms. The van der Waals surface area contributed by atoms with Gasteiger partial charge in [0, 0.05) is 23.5 Å². The third-order valence-corrected chi connectivity index (χ3v) is 4.68. The molecule has 0 aliphatic heterocycles. The summed E-state index contributed by atoms with van der Waals surface area (Å²) in [5, 5.41) is 6.72. The third kappa shape index (κ3) is 6.36. The topological polar surface area (TPSA) is 72.5 Å². The maximum Gasteiger partial charge on any atom is 0.255 e. The molecule has 0 spiro atoms. The van der Waals surface area contributed by atoms with Crippen molar-refractivity contribution in [3.8, 4) is 11.5 Å². The van der Waals surface area contributed by atoms with E-state index < -0.39 is 0 Å². The lowest BCUT2D eigenvalue weighted by Crippen LogP contribution is -2.26. The molecule has 7 heteroatoms. The number of halogens is 1. The number of benzene rings is 2. The number of ether oxygens (including phenoxy) is 2. The van der Waals surface area contributed by atoms with Gasteiger partial charge in [-0.15, -0.1) is 0 Å². The number of amides is 1. The van der Waals surface area contributed by atoms with Crippen LogP contribution in [0, 0.1) is 0 Å². The van der Waals surface area contributed by atoms with E-state index in [2.05, 4.69) is 15.6 Å². The molecule has 0 saturated heterocycles. The van der Waals surface area contributed by atoms with Crippen LogP contribution in [-0.4, -0.2) is 30.6 Å². The zero-order valence-electron chi connectivity index (χ0n) is 17.7. The summed E-state index contributed by atoms with van der Waals surface area (Å²) in [5.74, 6) is 1.72. The molecule has 162 valence electrons. The number of carbonyl (C=O) groups excluding carboxylic acids is 1. The smallest absolute Gasteiger partial charge is 0.255 e. The van der Waals surface area contributed by atoms with Crippen LogP contribution in [0.2, 0.25) is 5.02 Å². The van der Waals surface area contributed by atoms with Crippen molar-refractivity contribution in [2.45, 2.75) is 20.3 Å². The molecule has 6 nitrogen and oxygen atoms in total. The highest BCUT2D eigenvalue weighted by atomic mass is 35.5. The number of hydrogen-bond acceptors (Lipinski definition) is 5. The first-order chi connectivity index (χ1) is 15.1. The summed E-state index contributed by atoms with van der Waals surface area (Å²) in [6.07, 6.45) is 2.30. The first-order valence-electron chi connectivity index (χ1n) is 10.2. The molecule has 3 rings (SSSR count). The fourth-order valence-electron chi connectivity index (χ4n) is 3.06. The Labute approximate surface area is 187 Å². The van der Waals surface area contributed by atoms with Crippen molar-refractivity contribution >= 4 is 29.0 Å². The second kappa shape index (κ2) is 11.2. The summed E-state index contributed by atoms with van der Waals surface area (Å²) in [6.45, 7) is 5.48. The Balaban J connectivity index is 1.63. The minimum Gasteiger partial charge on any atom is -0.490 e. The zero-order valence-corrected chi connectivity index (χ0v) is 18.4. The van der Waals surface area contributed by atoms with E-state index in [0.29, 0.717) is 48.3 Å². The van der Waals surface area contributed by atoms with Crippen LogP contribution >= 0.6 is 11.6 Å². The van der Waals surface area contributed by atoms with Crippen LogP contribution in [-0.2, 0) is 6.42 Å². The highest BCUT2D eigenvalue weighted by Gasteiger charge is 2.13. The predicted molar refractivity (Wildman–Crippen MR) is 124 cm³/mol. The van der Waals surface area contributed by atoms with Gasteiger partial charge in [-0.3, -0.25) is 4.79 Å². The second-order valence-corrected chi connectivity index (χ2v) is 7.12. The van der Waals surface area contributed by atoms with Gasteiger partial charge < -0.3 is 20.1 Å². The van der Waals surface area contributed by atoms with Gasteiger partial charge in [0.1, 0.15) is 5.82 Å². The summed E-state index contributed by atoms with van der Waals surface area (Å²) in [6, 6.07) is 16.6. The van der Waals surface area contributed by atoms with E-state index in [4.69, 9.17) is 21.1 Å². The van der Waals surface area contributed by atoms with Crippen molar-refractivity contribution in [3.05, 3.63) is 76.9 Å². The fraction of sp³-hybridized carbons (Fsp3) is 0.250. The van der Waals surface area contributed by atoms with Crippen LogP contribution in [0.4, 0.5) is 11.5 Å². The maximum atomic E-state index is 12.8. The SMILES string of the molecule is CCOc1ccc(CCNC(=O)c2cccnc2Nc2cccc(Cl)c2)cc1OCC. The molecule has 0 unspecified atom stereocenters. The number of rotatable bonds is 10. The summed E-state index contributed by atoms with van der Waals surface area (Å²) in [5.41, 5.74) is 2.28. The third-order valence-electron chi connectivity index (χ3n) is 4.45. The van der Waals surface area contributed by atoms with Gasteiger partial charge in [-0.1, -0.05) is 23.7 Å². The van der Waals surface area contributed by atoms with Crippen LogP contribution in [0.5, 0.6) is 11.5 Å². The zero-order chi connectivity index (χ0) is 22.1. The van der Waals surface area contributed by atoms with E-state index in [9.17, 15) is 4.79 Å². The molecule has 0 aliphatic carbocycles. The van der Waals surface area contributed by atoms with Gasteiger partial charge >= 0.3 is 0 Å². The van der Waals surface area contributed by atoms with Gasteiger partial charge in [-0.2, -0.15) is 0 Å². The van der Waals surface area contributed by atoms with Gasteiger partial charge in [-0.25, -0.2) is 4.98 Å². The average molecular weight is 440 g/mol. The molecular formula is C24H26ClN3O3. The molecule has 0 bridgehead atoms. The lowest BCUT2D eigenvalue weighted by molar-refractivity contribution is 0.0954. The molecule has 0 aliphatic rings. The Morgan fingerprint density at radius 2 is 1.81 bits per heavy atom. The van der Waals surface area contributed by atoms with Crippen molar-refractivity contribution in [2.75, 3.05) is 25.1 Å². The Hall–Kier alpha value is -3.25. The van der Waals surface area contributed by atoms with Crippen molar-refractivity contribution in [2.24, 2.45) is 0 Å². The first kappa shape index (κ1) is 22.4. The van der Waals surface area contributed by atoms with Crippen LogP contribution < -0.4 is 20.1 Å². The lowest BCUT2D eigenvalue weighted by atomic mass is 10.1. The highest BCUT2D eigenvalue weighted by Crippen LogP contribution is 2.28. The first-order valence-corrected chi connectivity index (χ1v) is 10.6. The minimum atomic E-state index is -0.200. The van der Waals surface area contributed by atoms with E-state index in [-0.39, 0.29) is 5.91 Å². The minimum absolute atomic E-state index is 0.200. The summed E-state index contributed by atoms with van der Waals surface area (Å²) in [4.78, 5) is 17.1. The lowest BCUT2D eigenvalue weighted by Gasteiger charge is -2.13. The van der Waals surface area contributed by atoms with Crippen LogP contribution in [0.25, 0.3) is 0 Å². The van der Waals surface area contributed by atoms with Crippen LogP contribution in [0.15, 0.2) is 60.8 Å². The van der Waals surface area contributed by atoms with Crippen LogP contribution in [0.1, 0.15) is 29.8 Å². The van der Waals surface area contributed by atoms with Crippen molar-refractivity contribution in [1.82, 2.24) is 10.3 Å². The Morgan fingerprint density at radius 1 is 1.00 bits per heavy atom. The van der Waals surface area contributed by atoms with Gasteiger partial charge in [0.2, 0.25) is 0 Å². The number of anilines is 2. The van der Waals surface area contributed by atoms with Gasteiger partial charge in [0.05, 0.1) is 18.8 Å². The standard InChI is InChI=1S/C24H26ClN3O3/c1-3-30-21-11-10-17(15-22(21)31-4-2)12-14-27-24(29)20-9-6-13-26-23(20)28-19-8-5-7-18(25)16-19/h5-11,13,15-16H,3-4,12,14H2,1-2H3,(H,26,28)(H,27,29). The molecule has 1 aromatic heterocycles. The summed E-state index contributed by atoms with van der Waals surface area (Å²) >= 11 is 6.04. The average Bonchev–Trinajstić information content (AvgIpc) is 2.76. The van der Waals surface area contributed by atoms with E-state index in [1.54, 1.807) is 30.5 Å². The highest BCUT2D eigenvalue weighted by molar-refractivity contribution is 6.30.